The van der Waals surface area contributed by atoms with Crippen LogP contribution in [0.3, 0.4) is 0 Å². The molecular weight excluding hydrogens is 298 g/mol. The first kappa shape index (κ1) is 15.6. The summed E-state index contributed by atoms with van der Waals surface area (Å²) in [6.45, 7) is 7.26. The molecule has 0 bridgehead atoms. The molecule has 0 saturated carbocycles. The Morgan fingerprint density at radius 2 is 2.27 bits per heavy atom. The standard InChI is InChI=1S/C17H24ClN3O/c1-3-5-6-14-11-19-7-8-21(14)17-20-15-10-13(18)9-12(4-2)16(15)22-17/h9-10,14,19H,3-8,11H2,1-2H3/t14-/m0/s1. The third-order valence-electron chi connectivity index (χ3n) is 4.39. The lowest BCUT2D eigenvalue weighted by molar-refractivity contribution is 0.413. The fraction of sp³-hybridized carbons (Fsp3) is 0.588. The van der Waals surface area contributed by atoms with Gasteiger partial charge in [0.25, 0.3) is 6.01 Å². The molecule has 3 rings (SSSR count). The summed E-state index contributed by atoms with van der Waals surface area (Å²) in [7, 11) is 0. The van der Waals surface area contributed by atoms with E-state index in [1.165, 1.54) is 19.3 Å². The summed E-state index contributed by atoms with van der Waals surface area (Å²) >= 11 is 6.19. The molecule has 0 amide bonds. The molecule has 0 unspecified atom stereocenters. The Hall–Kier alpha value is -1.26. The maximum Gasteiger partial charge on any atom is 0.298 e. The van der Waals surface area contributed by atoms with Crippen LogP contribution in [0.1, 0.15) is 38.7 Å². The van der Waals surface area contributed by atoms with Gasteiger partial charge in [-0.15, -0.1) is 0 Å². The maximum atomic E-state index is 6.19. The maximum absolute atomic E-state index is 6.19. The van der Waals surface area contributed by atoms with E-state index in [1.54, 1.807) is 0 Å². The van der Waals surface area contributed by atoms with Crippen molar-refractivity contribution in [2.24, 2.45) is 0 Å². The van der Waals surface area contributed by atoms with Gasteiger partial charge in [-0.05, 0) is 30.5 Å². The van der Waals surface area contributed by atoms with Crippen molar-refractivity contribution in [2.75, 3.05) is 24.5 Å². The first-order valence-corrected chi connectivity index (χ1v) is 8.67. The van der Waals surface area contributed by atoms with E-state index in [4.69, 9.17) is 21.0 Å². The van der Waals surface area contributed by atoms with E-state index >= 15 is 0 Å². The zero-order valence-corrected chi connectivity index (χ0v) is 14.1. The normalized spacial score (nSPS) is 19.0. The lowest BCUT2D eigenvalue weighted by Crippen LogP contribution is -2.51. The van der Waals surface area contributed by atoms with Gasteiger partial charge in [-0.25, -0.2) is 0 Å². The Kier molecular flexibility index (Phi) is 4.89. The molecule has 1 saturated heterocycles. The molecule has 0 spiro atoms. The van der Waals surface area contributed by atoms with Gasteiger partial charge < -0.3 is 14.6 Å². The Bertz CT molecular complexity index is 640. The van der Waals surface area contributed by atoms with Crippen LogP contribution in [0, 0.1) is 0 Å². The van der Waals surface area contributed by atoms with E-state index in [0.717, 1.165) is 53.8 Å². The second-order valence-electron chi connectivity index (χ2n) is 5.96. The van der Waals surface area contributed by atoms with E-state index < -0.39 is 0 Å². The number of nitrogens with zero attached hydrogens (tertiary/aromatic N) is 2. The number of hydrogen-bond donors (Lipinski definition) is 1. The molecule has 0 aliphatic carbocycles. The number of rotatable bonds is 5. The summed E-state index contributed by atoms with van der Waals surface area (Å²) in [6, 6.07) is 5.08. The van der Waals surface area contributed by atoms with Gasteiger partial charge in [0, 0.05) is 30.7 Å². The molecule has 1 aromatic heterocycles. The van der Waals surface area contributed by atoms with Gasteiger partial charge in [0.2, 0.25) is 0 Å². The van der Waals surface area contributed by atoms with Crippen molar-refractivity contribution in [1.29, 1.82) is 0 Å². The Balaban J connectivity index is 1.94. The summed E-state index contributed by atoms with van der Waals surface area (Å²) in [5.41, 5.74) is 2.88. The number of aryl methyl sites for hydroxylation is 1. The van der Waals surface area contributed by atoms with Crippen LogP contribution in [0.2, 0.25) is 5.02 Å². The number of unbranched alkanes of at least 4 members (excludes halogenated alkanes) is 1. The van der Waals surface area contributed by atoms with Gasteiger partial charge in [-0.3, -0.25) is 0 Å². The summed E-state index contributed by atoms with van der Waals surface area (Å²) in [4.78, 5) is 7.03. The van der Waals surface area contributed by atoms with Crippen LogP contribution in [0.25, 0.3) is 11.1 Å². The zero-order valence-electron chi connectivity index (χ0n) is 13.4. The third-order valence-corrected chi connectivity index (χ3v) is 4.61. The summed E-state index contributed by atoms with van der Waals surface area (Å²) < 4.78 is 6.12. The smallest absolute Gasteiger partial charge is 0.298 e. The Labute approximate surface area is 136 Å². The molecule has 22 heavy (non-hydrogen) atoms. The predicted octanol–water partition coefficient (Wildman–Crippen LogP) is 4.01. The van der Waals surface area contributed by atoms with Gasteiger partial charge in [-0.2, -0.15) is 4.98 Å². The average Bonchev–Trinajstić information content (AvgIpc) is 2.96. The number of piperazine rings is 1. The molecule has 120 valence electrons. The molecule has 4 nitrogen and oxygen atoms in total. The van der Waals surface area contributed by atoms with E-state index in [0.29, 0.717) is 6.04 Å². The number of fused-ring (bicyclic) bond motifs is 1. The molecular formula is C17H24ClN3O. The molecule has 2 heterocycles. The highest BCUT2D eigenvalue weighted by Gasteiger charge is 2.26. The van der Waals surface area contributed by atoms with Gasteiger partial charge >= 0.3 is 0 Å². The molecule has 0 radical (unpaired) electrons. The number of nitrogens with one attached hydrogen (secondary N) is 1. The molecule has 1 fully saturated rings. The minimum absolute atomic E-state index is 0.460. The highest BCUT2D eigenvalue weighted by molar-refractivity contribution is 6.31. The topological polar surface area (TPSA) is 41.3 Å². The fourth-order valence-electron chi connectivity index (χ4n) is 3.15. The van der Waals surface area contributed by atoms with Crippen molar-refractivity contribution in [3.63, 3.8) is 0 Å². The monoisotopic (exact) mass is 321 g/mol. The minimum Gasteiger partial charge on any atom is -0.423 e. The zero-order chi connectivity index (χ0) is 15.5. The molecule has 1 atom stereocenters. The van der Waals surface area contributed by atoms with Crippen LogP contribution in [0.4, 0.5) is 6.01 Å². The largest absolute Gasteiger partial charge is 0.423 e. The van der Waals surface area contributed by atoms with Gasteiger partial charge in [0.1, 0.15) is 5.52 Å². The first-order chi connectivity index (χ1) is 10.7. The number of hydrogen-bond acceptors (Lipinski definition) is 4. The number of halogens is 1. The molecule has 1 aliphatic heterocycles. The fourth-order valence-corrected chi connectivity index (χ4v) is 3.38. The second-order valence-corrected chi connectivity index (χ2v) is 6.39. The second kappa shape index (κ2) is 6.88. The van der Waals surface area contributed by atoms with Crippen LogP contribution in [0.15, 0.2) is 16.5 Å². The van der Waals surface area contributed by atoms with Crippen molar-refractivity contribution >= 4 is 28.7 Å². The van der Waals surface area contributed by atoms with Crippen molar-refractivity contribution in [3.8, 4) is 0 Å². The molecule has 1 N–H and O–H groups in total. The lowest BCUT2D eigenvalue weighted by Gasteiger charge is -2.35. The number of oxazole rings is 1. The van der Waals surface area contributed by atoms with E-state index in [9.17, 15) is 0 Å². The van der Waals surface area contributed by atoms with E-state index in [1.807, 2.05) is 12.1 Å². The third kappa shape index (κ3) is 3.08. The van der Waals surface area contributed by atoms with Crippen LogP contribution in [0.5, 0.6) is 0 Å². The van der Waals surface area contributed by atoms with Gasteiger partial charge in [-0.1, -0.05) is 38.3 Å². The van der Waals surface area contributed by atoms with Crippen LogP contribution in [-0.2, 0) is 6.42 Å². The van der Waals surface area contributed by atoms with Crippen LogP contribution in [-0.4, -0.2) is 30.7 Å². The van der Waals surface area contributed by atoms with Crippen molar-refractivity contribution < 1.29 is 4.42 Å². The highest BCUT2D eigenvalue weighted by atomic mass is 35.5. The molecule has 1 aromatic carbocycles. The van der Waals surface area contributed by atoms with Crippen molar-refractivity contribution in [2.45, 2.75) is 45.6 Å². The quantitative estimate of drug-likeness (QED) is 0.903. The Morgan fingerprint density at radius 3 is 3.05 bits per heavy atom. The summed E-state index contributed by atoms with van der Waals surface area (Å²) in [6.07, 6.45) is 4.51. The number of aromatic nitrogens is 1. The predicted molar refractivity (Wildman–Crippen MR) is 91.9 cm³/mol. The van der Waals surface area contributed by atoms with Crippen molar-refractivity contribution in [3.05, 3.63) is 22.7 Å². The minimum atomic E-state index is 0.460. The number of benzene rings is 1. The van der Waals surface area contributed by atoms with Gasteiger partial charge in [0.05, 0.1) is 0 Å². The van der Waals surface area contributed by atoms with Crippen molar-refractivity contribution in [1.82, 2.24) is 10.3 Å². The molecule has 5 heteroatoms. The Morgan fingerprint density at radius 1 is 1.41 bits per heavy atom. The van der Waals surface area contributed by atoms with E-state index in [-0.39, 0.29) is 0 Å². The highest BCUT2D eigenvalue weighted by Crippen LogP contribution is 2.30. The van der Waals surface area contributed by atoms with E-state index in [2.05, 4.69) is 24.1 Å². The van der Waals surface area contributed by atoms with Gasteiger partial charge in [0.15, 0.2) is 5.58 Å². The van der Waals surface area contributed by atoms with Crippen LogP contribution < -0.4 is 10.2 Å². The lowest BCUT2D eigenvalue weighted by atomic mass is 10.1. The first-order valence-electron chi connectivity index (χ1n) is 8.29. The number of anilines is 1. The molecule has 1 aliphatic rings. The summed E-state index contributed by atoms with van der Waals surface area (Å²) in [5, 5.41) is 4.21. The summed E-state index contributed by atoms with van der Waals surface area (Å²) in [5.74, 6) is 0. The average molecular weight is 322 g/mol. The van der Waals surface area contributed by atoms with Crippen LogP contribution >= 0.6 is 11.6 Å². The molecule has 2 aromatic rings. The SMILES string of the molecule is CCCC[C@H]1CNCCN1c1nc2cc(Cl)cc(CC)c2o1.